The number of halogens is 1. The molecule has 3 rings (SSSR count). The van der Waals surface area contributed by atoms with E-state index in [1.165, 1.54) is 0 Å². The van der Waals surface area contributed by atoms with Crippen LogP contribution >= 0.6 is 11.6 Å². The van der Waals surface area contributed by atoms with Crippen LogP contribution in [0.5, 0.6) is 11.5 Å². The van der Waals surface area contributed by atoms with Gasteiger partial charge in [-0.05, 0) is 36.8 Å². The van der Waals surface area contributed by atoms with Gasteiger partial charge in [-0.1, -0.05) is 17.7 Å². The first-order chi connectivity index (χ1) is 9.63. The number of ether oxygens (including phenoxy) is 1. The van der Waals surface area contributed by atoms with Gasteiger partial charge in [0.25, 0.3) is 0 Å². The van der Waals surface area contributed by atoms with Crippen molar-refractivity contribution in [2.45, 2.75) is 6.92 Å². The molecule has 1 aromatic heterocycles. The molecule has 0 fully saturated rings. The molecule has 4 heteroatoms. The number of anilines is 1. The molecule has 1 heterocycles. The highest BCUT2D eigenvalue weighted by Gasteiger charge is 2.06. The maximum atomic E-state index is 6.03. The van der Waals surface area contributed by atoms with Gasteiger partial charge in [0.05, 0.1) is 16.2 Å². The molecule has 0 spiro atoms. The third-order valence-electron chi connectivity index (χ3n) is 3.10. The van der Waals surface area contributed by atoms with Gasteiger partial charge >= 0.3 is 0 Å². The van der Waals surface area contributed by atoms with Gasteiger partial charge in [-0.2, -0.15) is 0 Å². The second-order valence-corrected chi connectivity index (χ2v) is 5.01. The van der Waals surface area contributed by atoms with E-state index in [-0.39, 0.29) is 0 Å². The van der Waals surface area contributed by atoms with Crippen molar-refractivity contribution in [3.8, 4) is 11.5 Å². The van der Waals surface area contributed by atoms with Crippen LogP contribution in [0.1, 0.15) is 5.56 Å². The fourth-order valence-electron chi connectivity index (χ4n) is 2.03. The van der Waals surface area contributed by atoms with Crippen molar-refractivity contribution in [3.05, 3.63) is 59.2 Å². The number of nitrogen functional groups attached to an aromatic ring is 1. The van der Waals surface area contributed by atoms with E-state index >= 15 is 0 Å². The zero-order valence-electron chi connectivity index (χ0n) is 10.9. The third kappa shape index (κ3) is 2.40. The van der Waals surface area contributed by atoms with Crippen LogP contribution in [-0.2, 0) is 0 Å². The topological polar surface area (TPSA) is 48.1 Å². The lowest BCUT2D eigenvalue weighted by molar-refractivity contribution is 0.479. The minimum absolute atomic E-state index is 0.490. The minimum atomic E-state index is 0.490. The van der Waals surface area contributed by atoms with Crippen molar-refractivity contribution in [1.29, 1.82) is 0 Å². The van der Waals surface area contributed by atoms with Crippen molar-refractivity contribution < 1.29 is 4.74 Å². The fourth-order valence-corrected chi connectivity index (χ4v) is 2.19. The van der Waals surface area contributed by atoms with E-state index in [1.54, 1.807) is 18.3 Å². The average molecular weight is 285 g/mol. The van der Waals surface area contributed by atoms with Crippen molar-refractivity contribution in [2.75, 3.05) is 5.73 Å². The molecule has 3 aromatic rings. The predicted octanol–water partition coefficient (Wildman–Crippen LogP) is 4.57. The molecule has 0 amide bonds. The maximum absolute atomic E-state index is 6.03. The van der Waals surface area contributed by atoms with Gasteiger partial charge in [0.1, 0.15) is 11.5 Å². The number of benzene rings is 2. The Morgan fingerprint density at radius 2 is 2.00 bits per heavy atom. The smallest absolute Gasteiger partial charge is 0.131 e. The van der Waals surface area contributed by atoms with Crippen LogP contribution in [0.25, 0.3) is 10.9 Å². The molecule has 0 atom stereocenters. The summed E-state index contributed by atoms with van der Waals surface area (Å²) in [4.78, 5) is 4.31. The van der Waals surface area contributed by atoms with E-state index in [9.17, 15) is 0 Å². The van der Waals surface area contributed by atoms with Gasteiger partial charge in [-0.25, -0.2) is 0 Å². The summed E-state index contributed by atoms with van der Waals surface area (Å²) in [6.45, 7) is 1.93. The first-order valence-corrected chi connectivity index (χ1v) is 6.59. The van der Waals surface area contributed by atoms with E-state index in [4.69, 9.17) is 22.1 Å². The third-order valence-corrected chi connectivity index (χ3v) is 3.43. The lowest BCUT2D eigenvalue weighted by atomic mass is 10.2. The monoisotopic (exact) mass is 284 g/mol. The first-order valence-electron chi connectivity index (χ1n) is 6.22. The lowest BCUT2D eigenvalue weighted by Crippen LogP contribution is -1.92. The van der Waals surface area contributed by atoms with E-state index in [1.807, 2.05) is 37.3 Å². The summed E-state index contributed by atoms with van der Waals surface area (Å²) in [5.41, 5.74) is 8.14. The highest BCUT2D eigenvalue weighted by molar-refractivity contribution is 6.33. The summed E-state index contributed by atoms with van der Waals surface area (Å²) < 4.78 is 5.87. The largest absolute Gasteiger partial charge is 0.457 e. The van der Waals surface area contributed by atoms with Crippen LogP contribution in [0.4, 0.5) is 5.69 Å². The summed E-state index contributed by atoms with van der Waals surface area (Å²) in [5, 5.41) is 1.57. The summed E-state index contributed by atoms with van der Waals surface area (Å²) in [5.74, 6) is 1.42. The van der Waals surface area contributed by atoms with Crippen LogP contribution < -0.4 is 10.5 Å². The molecular formula is C16H13ClN2O. The summed E-state index contributed by atoms with van der Waals surface area (Å²) in [7, 11) is 0. The fraction of sp³-hybridized carbons (Fsp3) is 0.0625. The molecule has 0 aliphatic heterocycles. The Balaban J connectivity index is 1.99. The molecule has 0 saturated carbocycles. The molecule has 3 nitrogen and oxygen atoms in total. The van der Waals surface area contributed by atoms with Gasteiger partial charge in [0.2, 0.25) is 0 Å². The highest BCUT2D eigenvalue weighted by atomic mass is 35.5. The Labute approximate surface area is 122 Å². The van der Waals surface area contributed by atoms with Crippen molar-refractivity contribution in [2.24, 2.45) is 0 Å². The zero-order chi connectivity index (χ0) is 14.1. The Kier molecular flexibility index (Phi) is 3.20. The van der Waals surface area contributed by atoms with E-state index < -0.39 is 0 Å². The van der Waals surface area contributed by atoms with Crippen molar-refractivity contribution >= 4 is 28.2 Å². The SMILES string of the molecule is Cc1cc(N)c(Cl)cc1Oc1ccc2cccnc2c1. The molecule has 100 valence electrons. The molecule has 0 aliphatic carbocycles. The van der Waals surface area contributed by atoms with Crippen molar-refractivity contribution in [1.82, 2.24) is 4.98 Å². The number of aromatic nitrogens is 1. The summed E-state index contributed by atoms with van der Waals surface area (Å²) in [6.07, 6.45) is 1.76. The zero-order valence-corrected chi connectivity index (χ0v) is 11.7. The molecule has 0 bridgehead atoms. The van der Waals surface area contributed by atoms with Crippen LogP contribution in [0, 0.1) is 6.92 Å². The van der Waals surface area contributed by atoms with E-state index in [0.29, 0.717) is 16.5 Å². The number of nitrogens with two attached hydrogens (primary N) is 1. The number of rotatable bonds is 2. The lowest BCUT2D eigenvalue weighted by Gasteiger charge is -2.11. The number of aryl methyl sites for hydroxylation is 1. The van der Waals surface area contributed by atoms with Crippen LogP contribution in [-0.4, -0.2) is 4.98 Å². The number of fused-ring (bicyclic) bond motifs is 1. The Hall–Kier alpha value is -2.26. The number of pyridine rings is 1. The van der Waals surface area contributed by atoms with Gasteiger partial charge in [-0.15, -0.1) is 0 Å². The van der Waals surface area contributed by atoms with Crippen LogP contribution in [0.3, 0.4) is 0 Å². The normalized spacial score (nSPS) is 10.7. The molecule has 2 aromatic carbocycles. The quantitative estimate of drug-likeness (QED) is 0.701. The van der Waals surface area contributed by atoms with Crippen LogP contribution in [0.2, 0.25) is 5.02 Å². The van der Waals surface area contributed by atoms with Gasteiger partial charge in [0, 0.05) is 23.7 Å². The minimum Gasteiger partial charge on any atom is -0.457 e. The Bertz CT molecular complexity index is 787. The molecule has 2 N–H and O–H groups in total. The number of nitrogens with zero attached hydrogens (tertiary/aromatic N) is 1. The molecular weight excluding hydrogens is 272 g/mol. The number of hydrogen-bond acceptors (Lipinski definition) is 3. The van der Waals surface area contributed by atoms with Crippen LogP contribution in [0.15, 0.2) is 48.7 Å². The van der Waals surface area contributed by atoms with Gasteiger partial charge in [-0.3, -0.25) is 4.98 Å². The average Bonchev–Trinajstić information content (AvgIpc) is 2.44. The van der Waals surface area contributed by atoms with Gasteiger partial charge < -0.3 is 10.5 Å². The highest BCUT2D eigenvalue weighted by Crippen LogP contribution is 2.32. The van der Waals surface area contributed by atoms with Crippen molar-refractivity contribution in [3.63, 3.8) is 0 Å². The molecule has 0 unspecified atom stereocenters. The Morgan fingerprint density at radius 1 is 1.15 bits per heavy atom. The molecule has 0 radical (unpaired) electrons. The second-order valence-electron chi connectivity index (χ2n) is 4.60. The first kappa shape index (κ1) is 12.8. The molecule has 0 saturated heterocycles. The predicted molar refractivity (Wildman–Crippen MR) is 82.4 cm³/mol. The Morgan fingerprint density at radius 3 is 2.85 bits per heavy atom. The van der Waals surface area contributed by atoms with E-state index in [2.05, 4.69) is 4.98 Å². The molecule has 0 aliphatic rings. The number of hydrogen-bond donors (Lipinski definition) is 1. The van der Waals surface area contributed by atoms with E-state index in [0.717, 1.165) is 22.2 Å². The maximum Gasteiger partial charge on any atom is 0.131 e. The second kappa shape index (κ2) is 5.02. The van der Waals surface area contributed by atoms with Gasteiger partial charge in [0.15, 0.2) is 0 Å². The standard InChI is InChI=1S/C16H13ClN2O/c1-10-7-14(18)13(17)9-16(10)20-12-5-4-11-3-2-6-19-15(11)8-12/h2-9H,18H2,1H3. The molecule has 20 heavy (non-hydrogen) atoms. The summed E-state index contributed by atoms with van der Waals surface area (Å²) in [6, 6.07) is 13.2. The summed E-state index contributed by atoms with van der Waals surface area (Å²) >= 11 is 6.03.